The summed E-state index contributed by atoms with van der Waals surface area (Å²) in [7, 11) is 1.67. The van der Waals surface area contributed by atoms with Gasteiger partial charge < -0.3 is 5.32 Å². The number of hydrogen-bond acceptors (Lipinski definition) is 1. The Labute approximate surface area is 120 Å². The van der Waals surface area contributed by atoms with Gasteiger partial charge in [-0.1, -0.05) is 35.3 Å². The lowest BCUT2D eigenvalue weighted by Crippen LogP contribution is -2.19. The van der Waals surface area contributed by atoms with Crippen molar-refractivity contribution >= 4 is 23.2 Å². The predicted octanol–water partition coefficient (Wildman–Crippen LogP) is 4.58. The predicted molar refractivity (Wildman–Crippen MR) is 73.7 cm³/mol. The molecule has 0 spiro atoms. The second-order valence-electron chi connectivity index (χ2n) is 4.06. The fraction of sp³-hybridized carbons (Fsp3) is 0.143. The summed E-state index contributed by atoms with van der Waals surface area (Å²) in [6.45, 7) is 0. The van der Waals surface area contributed by atoms with Crippen LogP contribution in [0.1, 0.15) is 17.2 Å². The Kier molecular flexibility index (Phi) is 4.40. The van der Waals surface area contributed by atoms with Crippen molar-refractivity contribution in [1.29, 1.82) is 0 Å². The second-order valence-corrected chi connectivity index (χ2v) is 4.90. The van der Waals surface area contributed by atoms with Crippen molar-refractivity contribution in [3.05, 3.63) is 69.2 Å². The number of benzene rings is 2. The first kappa shape index (κ1) is 14.3. The highest BCUT2D eigenvalue weighted by Crippen LogP contribution is 2.28. The quantitative estimate of drug-likeness (QED) is 0.818. The van der Waals surface area contributed by atoms with Gasteiger partial charge in [0.1, 0.15) is 11.6 Å². The Morgan fingerprint density at radius 2 is 1.63 bits per heavy atom. The molecule has 1 nitrogen and oxygen atoms in total. The summed E-state index contributed by atoms with van der Waals surface area (Å²) in [5.74, 6) is -1.20. The Hall–Kier alpha value is -1.16. The van der Waals surface area contributed by atoms with Crippen LogP contribution in [0.4, 0.5) is 8.78 Å². The van der Waals surface area contributed by atoms with E-state index >= 15 is 0 Å². The smallest absolute Gasteiger partial charge is 0.142 e. The van der Waals surface area contributed by atoms with Crippen LogP contribution >= 0.6 is 23.2 Å². The lowest BCUT2D eigenvalue weighted by molar-refractivity contribution is 0.558. The summed E-state index contributed by atoms with van der Waals surface area (Å²) >= 11 is 11.4. The van der Waals surface area contributed by atoms with Crippen LogP contribution in [-0.4, -0.2) is 7.05 Å². The zero-order valence-corrected chi connectivity index (χ0v) is 11.6. The van der Waals surface area contributed by atoms with Crippen molar-refractivity contribution in [1.82, 2.24) is 5.32 Å². The van der Waals surface area contributed by atoms with E-state index in [1.165, 1.54) is 0 Å². The van der Waals surface area contributed by atoms with Crippen molar-refractivity contribution in [2.45, 2.75) is 6.04 Å². The number of halogens is 4. The molecule has 0 heterocycles. The third-order valence-corrected chi connectivity index (χ3v) is 3.38. The maximum atomic E-state index is 13.9. The number of rotatable bonds is 3. The van der Waals surface area contributed by atoms with Crippen LogP contribution in [0, 0.1) is 11.6 Å². The van der Waals surface area contributed by atoms with Gasteiger partial charge in [-0.05, 0) is 36.9 Å². The number of nitrogens with one attached hydrogen (secondary N) is 1. The number of hydrogen-bond donors (Lipinski definition) is 1. The normalized spacial score (nSPS) is 12.5. The molecule has 2 aromatic carbocycles. The van der Waals surface area contributed by atoms with Crippen molar-refractivity contribution in [2.24, 2.45) is 0 Å². The van der Waals surface area contributed by atoms with Gasteiger partial charge in [0.15, 0.2) is 0 Å². The molecule has 0 aromatic heterocycles. The van der Waals surface area contributed by atoms with Crippen molar-refractivity contribution in [2.75, 3.05) is 7.05 Å². The molecule has 0 aliphatic carbocycles. The van der Waals surface area contributed by atoms with E-state index in [4.69, 9.17) is 23.2 Å². The van der Waals surface area contributed by atoms with E-state index in [-0.39, 0.29) is 10.6 Å². The highest BCUT2D eigenvalue weighted by Gasteiger charge is 2.18. The summed E-state index contributed by atoms with van der Waals surface area (Å²) in [5, 5.41) is 3.30. The van der Waals surface area contributed by atoms with Gasteiger partial charge in [-0.25, -0.2) is 8.78 Å². The Morgan fingerprint density at radius 1 is 1.00 bits per heavy atom. The van der Waals surface area contributed by atoms with Crippen LogP contribution in [0.5, 0.6) is 0 Å². The fourth-order valence-corrected chi connectivity index (χ4v) is 2.19. The van der Waals surface area contributed by atoms with Crippen molar-refractivity contribution in [3.8, 4) is 0 Å². The minimum absolute atomic E-state index is 0.201. The van der Waals surface area contributed by atoms with Crippen LogP contribution in [0.3, 0.4) is 0 Å². The maximum Gasteiger partial charge on any atom is 0.142 e. The van der Waals surface area contributed by atoms with Crippen molar-refractivity contribution < 1.29 is 8.78 Å². The average Bonchev–Trinajstić information content (AvgIpc) is 2.38. The standard InChI is InChI=1S/C14H11Cl2F2N/c1-19-14(8-2-4-9(15)5-3-8)10-6-13(18)11(16)7-12(10)17/h2-7,14,19H,1H3. The molecule has 0 radical (unpaired) electrons. The van der Waals surface area contributed by atoms with Crippen LogP contribution in [0.2, 0.25) is 10.0 Å². The minimum atomic E-state index is -0.646. The molecule has 0 bridgehead atoms. The van der Waals surface area contributed by atoms with E-state index in [1.807, 2.05) is 0 Å². The van der Waals surface area contributed by atoms with Crippen LogP contribution in [-0.2, 0) is 0 Å². The largest absolute Gasteiger partial charge is 0.309 e. The molecule has 0 fully saturated rings. The monoisotopic (exact) mass is 301 g/mol. The van der Waals surface area contributed by atoms with Gasteiger partial charge in [0.2, 0.25) is 0 Å². The first-order chi connectivity index (χ1) is 9.02. The summed E-state index contributed by atoms with van der Waals surface area (Å²) in [6.07, 6.45) is 0. The maximum absolute atomic E-state index is 13.9. The third-order valence-electron chi connectivity index (χ3n) is 2.84. The molecule has 0 amide bonds. The highest BCUT2D eigenvalue weighted by molar-refractivity contribution is 6.31. The molecule has 2 rings (SSSR count). The Bertz CT molecular complexity index is 585. The van der Waals surface area contributed by atoms with Gasteiger partial charge in [0.05, 0.1) is 11.1 Å². The molecule has 0 saturated heterocycles. The fourth-order valence-electron chi connectivity index (χ4n) is 1.92. The molecule has 0 saturated carbocycles. The molecular weight excluding hydrogens is 291 g/mol. The third kappa shape index (κ3) is 3.06. The zero-order valence-electron chi connectivity index (χ0n) is 10.1. The molecule has 0 aliphatic heterocycles. The second kappa shape index (κ2) is 5.87. The minimum Gasteiger partial charge on any atom is -0.309 e. The Morgan fingerprint density at radius 3 is 2.21 bits per heavy atom. The average molecular weight is 302 g/mol. The van der Waals surface area contributed by atoms with Crippen LogP contribution in [0.15, 0.2) is 36.4 Å². The van der Waals surface area contributed by atoms with Gasteiger partial charge in [-0.2, -0.15) is 0 Å². The lowest BCUT2D eigenvalue weighted by Gasteiger charge is -2.18. The molecule has 100 valence electrons. The molecule has 1 N–H and O–H groups in total. The van der Waals surface area contributed by atoms with Gasteiger partial charge in [0, 0.05) is 10.6 Å². The van der Waals surface area contributed by atoms with Crippen LogP contribution in [0.25, 0.3) is 0 Å². The summed E-state index contributed by atoms with van der Waals surface area (Å²) < 4.78 is 27.4. The molecule has 0 aliphatic rings. The first-order valence-electron chi connectivity index (χ1n) is 5.60. The molecule has 1 atom stereocenters. The SMILES string of the molecule is CNC(c1ccc(Cl)cc1)c1cc(F)c(Cl)cc1F. The molecular formula is C14H11Cl2F2N. The van der Waals surface area contributed by atoms with E-state index in [0.29, 0.717) is 5.02 Å². The molecule has 19 heavy (non-hydrogen) atoms. The van der Waals surface area contributed by atoms with E-state index in [1.54, 1.807) is 31.3 Å². The highest BCUT2D eigenvalue weighted by atomic mass is 35.5. The van der Waals surface area contributed by atoms with E-state index in [0.717, 1.165) is 17.7 Å². The topological polar surface area (TPSA) is 12.0 Å². The van der Waals surface area contributed by atoms with Crippen LogP contribution < -0.4 is 5.32 Å². The van der Waals surface area contributed by atoms with Gasteiger partial charge >= 0.3 is 0 Å². The Balaban J connectivity index is 2.47. The lowest BCUT2D eigenvalue weighted by atomic mass is 9.98. The van der Waals surface area contributed by atoms with E-state index < -0.39 is 17.7 Å². The summed E-state index contributed by atoms with van der Waals surface area (Å²) in [6, 6.07) is 8.53. The van der Waals surface area contributed by atoms with Gasteiger partial charge in [-0.3, -0.25) is 0 Å². The first-order valence-corrected chi connectivity index (χ1v) is 6.35. The van der Waals surface area contributed by atoms with Crippen molar-refractivity contribution in [3.63, 3.8) is 0 Å². The summed E-state index contributed by atoms with van der Waals surface area (Å²) in [5.41, 5.74) is 0.985. The molecule has 2 aromatic rings. The van der Waals surface area contributed by atoms with E-state index in [2.05, 4.69) is 5.32 Å². The molecule has 5 heteroatoms. The van der Waals surface area contributed by atoms with E-state index in [9.17, 15) is 8.78 Å². The zero-order chi connectivity index (χ0) is 14.0. The van der Waals surface area contributed by atoms with Gasteiger partial charge in [0.25, 0.3) is 0 Å². The summed E-state index contributed by atoms with van der Waals surface area (Å²) in [4.78, 5) is 0. The molecule has 1 unspecified atom stereocenters. The van der Waals surface area contributed by atoms with Gasteiger partial charge in [-0.15, -0.1) is 0 Å².